The van der Waals surface area contributed by atoms with Gasteiger partial charge in [-0.25, -0.2) is 0 Å². The number of hydrogen-bond acceptors (Lipinski definition) is 1. The Morgan fingerprint density at radius 2 is 1.53 bits per heavy atom. The first-order valence-corrected chi connectivity index (χ1v) is 7.39. The predicted octanol–water partition coefficient (Wildman–Crippen LogP) is 5.08. The molecule has 1 N–H and O–H groups in total. The van der Waals surface area contributed by atoms with Gasteiger partial charge in [-0.15, -0.1) is 0 Å². The van der Waals surface area contributed by atoms with Gasteiger partial charge in [0.1, 0.15) is 0 Å². The van der Waals surface area contributed by atoms with Crippen molar-refractivity contribution in [2.24, 2.45) is 0 Å². The topological polar surface area (TPSA) is 29.1 Å². The lowest BCUT2D eigenvalue weighted by molar-refractivity contribution is 0.102. The summed E-state index contributed by atoms with van der Waals surface area (Å²) in [6.07, 6.45) is 0. The quantitative estimate of drug-likeness (QED) is 0.770. The van der Waals surface area contributed by atoms with E-state index in [1.807, 2.05) is 50.2 Å². The number of anilines is 1. The van der Waals surface area contributed by atoms with Gasteiger partial charge in [0, 0.05) is 20.2 Å². The third-order valence-electron chi connectivity index (χ3n) is 2.86. The number of carbonyl (C=O) groups excluding carboxylic acids is 1. The lowest BCUT2D eigenvalue weighted by Crippen LogP contribution is -2.12. The first-order valence-electron chi connectivity index (χ1n) is 5.81. The van der Waals surface area contributed by atoms with E-state index in [1.54, 1.807) is 0 Å². The van der Waals surface area contributed by atoms with Gasteiger partial charge in [0.05, 0.1) is 0 Å². The molecule has 2 aromatic carbocycles. The summed E-state index contributed by atoms with van der Waals surface area (Å²) in [6, 6.07) is 11.3. The van der Waals surface area contributed by atoms with E-state index in [9.17, 15) is 4.79 Å². The highest BCUT2D eigenvalue weighted by Crippen LogP contribution is 2.22. The van der Waals surface area contributed by atoms with Crippen LogP contribution in [-0.2, 0) is 0 Å². The van der Waals surface area contributed by atoms with E-state index >= 15 is 0 Å². The smallest absolute Gasteiger partial charge is 0.255 e. The summed E-state index contributed by atoms with van der Waals surface area (Å²) in [4.78, 5) is 12.1. The van der Waals surface area contributed by atoms with Crippen molar-refractivity contribution in [1.82, 2.24) is 0 Å². The number of carbonyl (C=O) groups is 1. The van der Waals surface area contributed by atoms with Crippen LogP contribution in [0.1, 0.15) is 21.5 Å². The van der Waals surface area contributed by atoms with Crippen molar-refractivity contribution in [3.63, 3.8) is 0 Å². The molecule has 2 aromatic rings. The van der Waals surface area contributed by atoms with Crippen molar-refractivity contribution in [2.75, 3.05) is 5.32 Å². The molecule has 0 radical (unpaired) electrons. The predicted molar refractivity (Wildman–Crippen MR) is 85.7 cm³/mol. The Morgan fingerprint density at radius 3 is 2.11 bits per heavy atom. The van der Waals surface area contributed by atoms with Gasteiger partial charge in [-0.05, 0) is 49.2 Å². The van der Waals surface area contributed by atoms with E-state index in [4.69, 9.17) is 0 Å². The monoisotopic (exact) mass is 381 g/mol. The molecule has 1 amide bonds. The average molecular weight is 383 g/mol. The number of amides is 1. The zero-order chi connectivity index (χ0) is 14.0. The van der Waals surface area contributed by atoms with Crippen LogP contribution in [0.2, 0.25) is 0 Å². The van der Waals surface area contributed by atoms with E-state index in [0.717, 1.165) is 25.8 Å². The first kappa shape index (κ1) is 14.3. The van der Waals surface area contributed by atoms with Gasteiger partial charge in [-0.1, -0.05) is 44.0 Å². The maximum Gasteiger partial charge on any atom is 0.255 e. The molecule has 0 saturated heterocycles. The standard InChI is InChI=1S/C15H13Br2NO/c1-9-3-5-11(7-13(9)16)15(19)18-12-6-4-10(2)14(17)8-12/h3-8H,1-2H3,(H,18,19). The highest BCUT2D eigenvalue weighted by molar-refractivity contribution is 9.10. The first-order chi connectivity index (χ1) is 8.97. The lowest BCUT2D eigenvalue weighted by Gasteiger charge is -2.08. The number of hydrogen-bond donors (Lipinski definition) is 1. The molecule has 0 saturated carbocycles. The minimum Gasteiger partial charge on any atom is -0.322 e. The van der Waals surface area contributed by atoms with Gasteiger partial charge in [0.2, 0.25) is 0 Å². The summed E-state index contributed by atoms with van der Waals surface area (Å²) in [6.45, 7) is 4.00. The van der Waals surface area contributed by atoms with Crippen LogP contribution in [0.4, 0.5) is 5.69 Å². The Labute approximate surface area is 129 Å². The van der Waals surface area contributed by atoms with E-state index in [1.165, 1.54) is 0 Å². The van der Waals surface area contributed by atoms with Crippen molar-refractivity contribution in [2.45, 2.75) is 13.8 Å². The second kappa shape index (κ2) is 5.88. The van der Waals surface area contributed by atoms with Crippen molar-refractivity contribution in [3.8, 4) is 0 Å². The molecule has 0 aliphatic carbocycles. The summed E-state index contributed by atoms with van der Waals surface area (Å²) in [5.41, 5.74) is 3.65. The number of aryl methyl sites for hydroxylation is 2. The molecule has 0 heterocycles. The van der Waals surface area contributed by atoms with E-state index in [2.05, 4.69) is 37.2 Å². The summed E-state index contributed by atoms with van der Waals surface area (Å²) in [5, 5.41) is 2.88. The van der Waals surface area contributed by atoms with Gasteiger partial charge >= 0.3 is 0 Å². The Morgan fingerprint density at radius 1 is 0.947 bits per heavy atom. The average Bonchev–Trinajstić information content (AvgIpc) is 2.37. The molecule has 2 nitrogen and oxygen atoms in total. The summed E-state index contributed by atoms with van der Waals surface area (Å²) in [7, 11) is 0. The van der Waals surface area contributed by atoms with Crippen molar-refractivity contribution >= 4 is 43.5 Å². The van der Waals surface area contributed by atoms with E-state index < -0.39 is 0 Å². The maximum atomic E-state index is 12.1. The Balaban J connectivity index is 2.20. The van der Waals surface area contributed by atoms with Crippen molar-refractivity contribution in [1.29, 1.82) is 0 Å². The Kier molecular flexibility index (Phi) is 4.42. The molecule has 0 fully saturated rings. The fraction of sp³-hybridized carbons (Fsp3) is 0.133. The molecule has 0 bridgehead atoms. The number of nitrogens with one attached hydrogen (secondary N) is 1. The molecule has 0 aliphatic rings. The molecular weight excluding hydrogens is 370 g/mol. The Hall–Kier alpha value is -1.13. The molecule has 0 aromatic heterocycles. The van der Waals surface area contributed by atoms with Gasteiger partial charge in [0.25, 0.3) is 5.91 Å². The molecule has 4 heteroatoms. The molecule has 19 heavy (non-hydrogen) atoms. The minimum absolute atomic E-state index is 0.114. The Bertz CT molecular complexity index is 638. The highest BCUT2D eigenvalue weighted by atomic mass is 79.9. The van der Waals surface area contributed by atoms with Crippen LogP contribution in [0, 0.1) is 13.8 Å². The van der Waals surface area contributed by atoms with Crippen LogP contribution in [-0.4, -0.2) is 5.91 Å². The molecule has 0 aliphatic heterocycles. The SMILES string of the molecule is Cc1ccc(NC(=O)c2ccc(C)c(Br)c2)cc1Br. The van der Waals surface area contributed by atoms with Gasteiger partial charge in [0.15, 0.2) is 0 Å². The number of benzene rings is 2. The molecular formula is C15H13Br2NO. The zero-order valence-electron chi connectivity index (χ0n) is 10.6. The second-order valence-corrected chi connectivity index (χ2v) is 6.09. The van der Waals surface area contributed by atoms with Crippen LogP contribution < -0.4 is 5.32 Å². The summed E-state index contributed by atoms with van der Waals surface area (Å²) in [5.74, 6) is -0.114. The highest BCUT2D eigenvalue weighted by Gasteiger charge is 2.08. The van der Waals surface area contributed by atoms with Crippen LogP contribution in [0.25, 0.3) is 0 Å². The second-order valence-electron chi connectivity index (χ2n) is 4.38. The number of rotatable bonds is 2. The van der Waals surface area contributed by atoms with Crippen LogP contribution >= 0.6 is 31.9 Å². The van der Waals surface area contributed by atoms with Gasteiger partial charge in [-0.3, -0.25) is 4.79 Å². The van der Waals surface area contributed by atoms with Gasteiger partial charge in [-0.2, -0.15) is 0 Å². The van der Waals surface area contributed by atoms with Crippen molar-refractivity contribution < 1.29 is 4.79 Å². The summed E-state index contributed by atoms with van der Waals surface area (Å²) < 4.78 is 1.92. The molecule has 2 rings (SSSR count). The summed E-state index contributed by atoms with van der Waals surface area (Å²) >= 11 is 6.89. The van der Waals surface area contributed by atoms with Crippen molar-refractivity contribution in [3.05, 3.63) is 62.0 Å². The minimum atomic E-state index is -0.114. The number of halogens is 2. The third kappa shape index (κ3) is 3.45. The zero-order valence-corrected chi connectivity index (χ0v) is 13.8. The van der Waals surface area contributed by atoms with Crippen LogP contribution in [0.15, 0.2) is 45.3 Å². The van der Waals surface area contributed by atoms with Crippen LogP contribution in [0.5, 0.6) is 0 Å². The third-order valence-corrected chi connectivity index (χ3v) is 4.57. The molecule has 98 valence electrons. The fourth-order valence-corrected chi connectivity index (χ4v) is 2.37. The largest absolute Gasteiger partial charge is 0.322 e. The molecule has 0 spiro atoms. The lowest BCUT2D eigenvalue weighted by atomic mass is 10.1. The van der Waals surface area contributed by atoms with Crippen LogP contribution in [0.3, 0.4) is 0 Å². The van der Waals surface area contributed by atoms with Gasteiger partial charge < -0.3 is 5.32 Å². The molecule has 0 unspecified atom stereocenters. The normalized spacial score (nSPS) is 10.3. The molecule has 0 atom stereocenters. The van der Waals surface area contributed by atoms with E-state index in [0.29, 0.717) is 5.56 Å². The fourth-order valence-electron chi connectivity index (χ4n) is 1.61. The maximum absolute atomic E-state index is 12.1. The van der Waals surface area contributed by atoms with E-state index in [-0.39, 0.29) is 5.91 Å².